The van der Waals surface area contributed by atoms with Crippen LogP contribution in [0.25, 0.3) is 0 Å². The van der Waals surface area contributed by atoms with Gasteiger partial charge in [-0.3, -0.25) is 0 Å². The summed E-state index contributed by atoms with van der Waals surface area (Å²) in [6.45, 7) is 3.57. The lowest BCUT2D eigenvalue weighted by Crippen LogP contribution is -2.36. The van der Waals surface area contributed by atoms with E-state index in [1.54, 1.807) is 19.9 Å². The minimum atomic E-state index is -1.89. The summed E-state index contributed by atoms with van der Waals surface area (Å²) >= 11 is 1.15. The van der Waals surface area contributed by atoms with E-state index in [1.165, 1.54) is 0 Å². The first-order chi connectivity index (χ1) is 9.36. The van der Waals surface area contributed by atoms with E-state index in [4.69, 9.17) is 4.74 Å². The van der Waals surface area contributed by atoms with Gasteiger partial charge in [-0.25, -0.2) is 4.79 Å². The average Bonchev–Trinajstić information content (AvgIpc) is 2.70. The summed E-state index contributed by atoms with van der Waals surface area (Å²) in [4.78, 5) is 33.5. The van der Waals surface area contributed by atoms with E-state index in [1.807, 2.05) is 0 Å². The first-order valence-corrected chi connectivity index (χ1v) is 6.35. The van der Waals surface area contributed by atoms with Crippen molar-refractivity contribution < 1.29 is 29.3 Å². The molecule has 0 aromatic carbocycles. The van der Waals surface area contributed by atoms with Crippen LogP contribution in [0.2, 0.25) is 0 Å². The summed E-state index contributed by atoms with van der Waals surface area (Å²) in [5.41, 5.74) is -0.854. The van der Waals surface area contributed by atoms with Crippen molar-refractivity contribution in [2.75, 3.05) is 11.9 Å². The van der Waals surface area contributed by atoms with Gasteiger partial charge in [-0.15, -0.1) is 11.3 Å². The summed E-state index contributed by atoms with van der Waals surface area (Å²) in [7, 11) is 0. The molecule has 1 aromatic rings. The Hall–Kier alpha value is -2.35. The molecular formula is C12H11NO6S-2. The molecular weight excluding hydrogens is 286 g/mol. The Balaban J connectivity index is 3.03. The van der Waals surface area contributed by atoms with Crippen molar-refractivity contribution in [3.8, 4) is 0 Å². The Morgan fingerprint density at radius 1 is 1.35 bits per heavy atom. The zero-order chi connectivity index (χ0) is 15.3. The normalized spacial score (nSPS) is 9.70. The number of ether oxygens (including phenoxy) is 1. The van der Waals surface area contributed by atoms with E-state index >= 15 is 0 Å². The molecule has 0 bridgehead atoms. The molecule has 108 valence electrons. The number of carbonyl (C=O) groups is 3. The molecule has 20 heavy (non-hydrogen) atoms. The molecule has 0 aliphatic carbocycles. The van der Waals surface area contributed by atoms with Crippen LogP contribution in [0, 0.1) is 6.92 Å². The van der Waals surface area contributed by atoms with Gasteiger partial charge in [-0.2, -0.15) is 0 Å². The minimum Gasteiger partial charge on any atom is -0.545 e. The second kappa shape index (κ2) is 6.71. The maximum Gasteiger partial charge on any atom is 0.341 e. The Kier molecular flexibility index (Phi) is 5.27. The van der Waals surface area contributed by atoms with Crippen LogP contribution in [-0.4, -0.2) is 24.5 Å². The van der Waals surface area contributed by atoms with Gasteiger partial charge in [0.15, 0.2) is 0 Å². The van der Waals surface area contributed by atoms with Crippen molar-refractivity contribution in [1.29, 1.82) is 0 Å². The zero-order valence-corrected chi connectivity index (χ0v) is 11.5. The molecule has 0 aliphatic heterocycles. The molecule has 0 saturated heterocycles. The number of carboxylic acid groups (broad SMARTS) is 2. The van der Waals surface area contributed by atoms with Crippen LogP contribution in [0.1, 0.15) is 22.2 Å². The quantitative estimate of drug-likeness (QED) is 0.310. The van der Waals surface area contributed by atoms with Crippen LogP contribution in [0.3, 0.4) is 0 Å². The lowest BCUT2D eigenvalue weighted by Gasteiger charge is -2.10. The fraction of sp³-hybridized carbons (Fsp3) is 0.250. The van der Waals surface area contributed by atoms with Gasteiger partial charge in [-0.1, -0.05) is 0 Å². The predicted octanol–water partition coefficient (Wildman–Crippen LogP) is -0.971. The van der Waals surface area contributed by atoms with Crippen molar-refractivity contribution in [3.63, 3.8) is 0 Å². The van der Waals surface area contributed by atoms with Gasteiger partial charge in [0.25, 0.3) is 0 Å². The van der Waals surface area contributed by atoms with Gasteiger partial charge < -0.3 is 29.9 Å². The zero-order valence-electron chi connectivity index (χ0n) is 10.7. The van der Waals surface area contributed by atoms with Crippen LogP contribution in [0.4, 0.5) is 5.00 Å². The molecule has 0 atom stereocenters. The number of hydrogen-bond acceptors (Lipinski definition) is 8. The SMILES string of the molecule is CCOC(=O)c1cc(C)sc1NC=C(C(=O)[O-])C(=O)[O-]. The number of aliphatic carboxylic acids is 2. The number of anilines is 1. The fourth-order valence-corrected chi connectivity index (χ4v) is 2.19. The van der Waals surface area contributed by atoms with E-state index in [9.17, 15) is 24.6 Å². The topological polar surface area (TPSA) is 119 Å². The molecule has 0 amide bonds. The lowest BCUT2D eigenvalue weighted by molar-refractivity contribution is -0.312. The molecule has 0 aliphatic rings. The summed E-state index contributed by atoms with van der Waals surface area (Å²) in [6, 6.07) is 1.55. The number of thiophene rings is 1. The second-order valence-corrected chi connectivity index (χ2v) is 4.85. The first-order valence-electron chi connectivity index (χ1n) is 5.53. The highest BCUT2D eigenvalue weighted by molar-refractivity contribution is 7.16. The van der Waals surface area contributed by atoms with Crippen LogP contribution >= 0.6 is 11.3 Å². The van der Waals surface area contributed by atoms with Crippen LogP contribution in [-0.2, 0) is 14.3 Å². The highest BCUT2D eigenvalue weighted by atomic mass is 32.1. The van der Waals surface area contributed by atoms with Gasteiger partial charge in [-0.05, 0) is 19.9 Å². The van der Waals surface area contributed by atoms with Crippen LogP contribution in [0.5, 0.6) is 0 Å². The number of carboxylic acids is 2. The summed E-state index contributed by atoms with van der Waals surface area (Å²) in [5.74, 6) is -4.36. The summed E-state index contributed by atoms with van der Waals surface area (Å²) < 4.78 is 4.83. The molecule has 0 spiro atoms. The van der Waals surface area contributed by atoms with Crippen LogP contribution < -0.4 is 15.5 Å². The molecule has 0 saturated carbocycles. The number of aryl methyl sites for hydroxylation is 1. The van der Waals surface area contributed by atoms with Gasteiger partial charge in [0.05, 0.1) is 24.1 Å². The van der Waals surface area contributed by atoms with Crippen molar-refractivity contribution in [2.45, 2.75) is 13.8 Å². The Labute approximate surface area is 118 Å². The fourth-order valence-electron chi connectivity index (χ4n) is 1.32. The number of esters is 1. The highest BCUT2D eigenvalue weighted by Gasteiger charge is 2.15. The number of hydrogen-bond donors (Lipinski definition) is 1. The van der Waals surface area contributed by atoms with Crippen molar-refractivity contribution >= 4 is 34.2 Å². The third-order valence-electron chi connectivity index (χ3n) is 2.14. The number of rotatable bonds is 6. The Morgan fingerprint density at radius 3 is 2.45 bits per heavy atom. The van der Waals surface area contributed by atoms with E-state index in [0.717, 1.165) is 16.2 Å². The molecule has 0 radical (unpaired) electrons. The van der Waals surface area contributed by atoms with Crippen molar-refractivity contribution in [2.24, 2.45) is 0 Å². The van der Waals surface area contributed by atoms with Gasteiger partial charge in [0, 0.05) is 16.7 Å². The molecule has 7 nitrogen and oxygen atoms in total. The van der Waals surface area contributed by atoms with E-state index in [0.29, 0.717) is 6.20 Å². The molecule has 1 aromatic heterocycles. The molecule has 8 heteroatoms. The van der Waals surface area contributed by atoms with Gasteiger partial charge in [0.2, 0.25) is 0 Å². The number of carbonyl (C=O) groups excluding carboxylic acids is 3. The van der Waals surface area contributed by atoms with E-state index in [2.05, 4.69) is 5.32 Å². The van der Waals surface area contributed by atoms with Gasteiger partial charge >= 0.3 is 5.97 Å². The third kappa shape index (κ3) is 3.82. The predicted molar refractivity (Wildman–Crippen MR) is 66.7 cm³/mol. The van der Waals surface area contributed by atoms with Gasteiger partial charge in [0.1, 0.15) is 5.00 Å². The highest BCUT2D eigenvalue weighted by Crippen LogP contribution is 2.28. The second-order valence-electron chi connectivity index (χ2n) is 3.60. The first kappa shape index (κ1) is 15.7. The smallest absolute Gasteiger partial charge is 0.341 e. The van der Waals surface area contributed by atoms with Crippen LogP contribution in [0.15, 0.2) is 17.8 Å². The lowest BCUT2D eigenvalue weighted by atomic mass is 10.3. The molecule has 0 unspecified atom stereocenters. The van der Waals surface area contributed by atoms with E-state index in [-0.39, 0.29) is 17.2 Å². The third-order valence-corrected chi connectivity index (χ3v) is 3.12. The molecule has 1 rings (SSSR count). The van der Waals surface area contributed by atoms with Crippen molar-refractivity contribution in [1.82, 2.24) is 0 Å². The Morgan fingerprint density at radius 2 is 1.95 bits per heavy atom. The number of nitrogens with one attached hydrogen (secondary N) is 1. The summed E-state index contributed by atoms with van der Waals surface area (Å²) in [5, 5.41) is 23.8. The molecule has 0 fully saturated rings. The maximum absolute atomic E-state index is 11.7. The monoisotopic (exact) mass is 297 g/mol. The largest absolute Gasteiger partial charge is 0.545 e. The minimum absolute atomic E-state index is 0.187. The van der Waals surface area contributed by atoms with E-state index < -0.39 is 23.5 Å². The average molecular weight is 297 g/mol. The summed E-state index contributed by atoms with van der Waals surface area (Å²) in [6.07, 6.45) is 0.707. The molecule has 1 heterocycles. The maximum atomic E-state index is 11.7. The molecule has 1 N–H and O–H groups in total. The Bertz CT molecular complexity index is 559. The van der Waals surface area contributed by atoms with Crippen molar-refractivity contribution in [3.05, 3.63) is 28.3 Å². The standard InChI is InChI=1S/C12H13NO6S/c1-3-19-12(18)7-4-6(2)20-9(7)13-5-8(10(14)15)11(16)17/h4-5,13H,3H2,1-2H3,(H,14,15)(H,16,17)/p-2.